The van der Waals surface area contributed by atoms with Crippen LogP contribution in [-0.4, -0.2) is 80.9 Å². The molecule has 0 spiro atoms. The van der Waals surface area contributed by atoms with Gasteiger partial charge in [-0.2, -0.15) is 4.31 Å². The van der Waals surface area contributed by atoms with Crippen molar-refractivity contribution in [2.45, 2.75) is 25.3 Å². The van der Waals surface area contributed by atoms with Crippen LogP contribution in [0.4, 0.5) is 0 Å². The summed E-state index contributed by atoms with van der Waals surface area (Å²) in [6.45, 7) is 1.13. The highest BCUT2D eigenvalue weighted by molar-refractivity contribution is 7.88. The molecule has 20 heavy (non-hydrogen) atoms. The zero-order valence-corrected chi connectivity index (χ0v) is 12.9. The van der Waals surface area contributed by atoms with Gasteiger partial charge in [0.1, 0.15) is 6.04 Å². The van der Waals surface area contributed by atoms with Crippen LogP contribution in [0.2, 0.25) is 0 Å². The lowest BCUT2D eigenvalue weighted by atomic mass is 10.0. The summed E-state index contributed by atoms with van der Waals surface area (Å²) in [4.78, 5) is 14.0. The van der Waals surface area contributed by atoms with Gasteiger partial charge in [-0.15, -0.1) is 0 Å². The molecule has 1 atom stereocenters. The molecular weight excluding hydrogens is 284 g/mol. The number of hydrogen-bond donors (Lipinski definition) is 1. The topological polar surface area (TPSA) is 87.2 Å². The zero-order chi connectivity index (χ0) is 15.2. The summed E-state index contributed by atoms with van der Waals surface area (Å²) in [6.07, 6.45) is 3.26. The van der Waals surface area contributed by atoms with E-state index in [1.165, 1.54) is 16.3 Å². The van der Waals surface area contributed by atoms with Crippen molar-refractivity contribution in [3.05, 3.63) is 0 Å². The molecule has 0 radical (unpaired) electrons. The molecule has 0 bridgehead atoms. The molecular formula is C12H24N2O5S. The first kappa shape index (κ1) is 17.4. The first-order valence-corrected chi connectivity index (χ1v) is 8.62. The van der Waals surface area contributed by atoms with Gasteiger partial charge in [-0.3, -0.25) is 4.79 Å². The average Bonchev–Trinajstić information content (AvgIpc) is 2.42. The Morgan fingerprint density at radius 3 is 2.65 bits per heavy atom. The van der Waals surface area contributed by atoms with E-state index in [2.05, 4.69) is 0 Å². The van der Waals surface area contributed by atoms with E-state index in [-0.39, 0.29) is 19.1 Å². The number of carbonyl (C=O) groups excluding carboxylic acids is 1. The Balaban J connectivity index is 2.83. The van der Waals surface area contributed by atoms with Gasteiger partial charge >= 0.3 is 0 Å². The summed E-state index contributed by atoms with van der Waals surface area (Å²) >= 11 is 0. The summed E-state index contributed by atoms with van der Waals surface area (Å²) in [7, 11) is -1.86. The molecule has 118 valence electrons. The first-order chi connectivity index (χ1) is 9.41. The van der Waals surface area contributed by atoms with Gasteiger partial charge in [0.2, 0.25) is 15.9 Å². The molecule has 0 aliphatic carbocycles. The predicted octanol–water partition coefficient (Wildman–Crippen LogP) is -0.732. The minimum absolute atomic E-state index is 0.152. The Bertz CT molecular complexity index is 412. The molecule has 1 N–H and O–H groups in total. The highest BCUT2D eigenvalue weighted by Gasteiger charge is 2.36. The SMILES string of the molecule is COCCN(CCO)C(=O)C1CCCCN1S(C)(=O)=O. The summed E-state index contributed by atoms with van der Waals surface area (Å²) < 4.78 is 29.8. The molecule has 1 amide bonds. The smallest absolute Gasteiger partial charge is 0.241 e. The summed E-state index contributed by atoms with van der Waals surface area (Å²) in [5.74, 6) is -0.249. The standard InChI is InChI=1S/C12H24N2O5S/c1-19-10-8-13(7-9-15)12(16)11-5-3-4-6-14(11)20(2,17)18/h11,15H,3-10H2,1-2H3. The summed E-state index contributed by atoms with van der Waals surface area (Å²) in [5, 5.41) is 9.04. The fraction of sp³-hybridized carbons (Fsp3) is 0.917. The number of hydrogen-bond acceptors (Lipinski definition) is 5. The summed E-state index contributed by atoms with van der Waals surface area (Å²) in [5.41, 5.74) is 0. The van der Waals surface area contributed by atoms with Crippen LogP contribution in [0.3, 0.4) is 0 Å². The first-order valence-electron chi connectivity index (χ1n) is 6.77. The second-order valence-corrected chi connectivity index (χ2v) is 6.86. The van der Waals surface area contributed by atoms with Gasteiger partial charge in [-0.05, 0) is 12.8 Å². The van der Waals surface area contributed by atoms with Gasteiger partial charge in [0.25, 0.3) is 0 Å². The number of carbonyl (C=O) groups is 1. The van der Waals surface area contributed by atoms with Crippen molar-refractivity contribution in [2.24, 2.45) is 0 Å². The number of nitrogens with zero attached hydrogens (tertiary/aromatic N) is 2. The van der Waals surface area contributed by atoms with E-state index in [4.69, 9.17) is 9.84 Å². The lowest BCUT2D eigenvalue weighted by Crippen LogP contribution is -2.53. The van der Waals surface area contributed by atoms with Crippen molar-refractivity contribution in [3.63, 3.8) is 0 Å². The molecule has 1 heterocycles. The second kappa shape index (κ2) is 7.92. The van der Waals surface area contributed by atoms with Crippen LogP contribution in [-0.2, 0) is 19.6 Å². The highest BCUT2D eigenvalue weighted by atomic mass is 32.2. The van der Waals surface area contributed by atoms with Crippen LogP contribution in [0.5, 0.6) is 0 Å². The molecule has 0 saturated carbocycles. The number of rotatable bonds is 7. The number of amides is 1. The molecule has 0 aromatic carbocycles. The largest absolute Gasteiger partial charge is 0.395 e. The number of sulfonamides is 1. The fourth-order valence-corrected chi connectivity index (χ4v) is 3.53. The van der Waals surface area contributed by atoms with Crippen LogP contribution in [0.25, 0.3) is 0 Å². The predicted molar refractivity (Wildman–Crippen MR) is 74.7 cm³/mol. The van der Waals surface area contributed by atoms with E-state index in [1.54, 1.807) is 0 Å². The number of ether oxygens (including phenoxy) is 1. The lowest BCUT2D eigenvalue weighted by molar-refractivity contribution is -0.137. The molecule has 1 unspecified atom stereocenters. The maximum absolute atomic E-state index is 12.5. The van der Waals surface area contributed by atoms with Crippen molar-refractivity contribution >= 4 is 15.9 Å². The molecule has 1 aliphatic rings. The minimum Gasteiger partial charge on any atom is -0.395 e. The van der Waals surface area contributed by atoms with Gasteiger partial charge in [0.05, 0.1) is 19.5 Å². The Labute approximate surface area is 120 Å². The molecule has 0 aromatic rings. The Hall–Kier alpha value is -0.700. The number of aliphatic hydroxyl groups is 1. The van der Waals surface area contributed by atoms with Gasteiger partial charge < -0.3 is 14.7 Å². The Morgan fingerprint density at radius 2 is 2.10 bits per heavy atom. The van der Waals surface area contributed by atoms with Crippen molar-refractivity contribution in [1.82, 2.24) is 9.21 Å². The molecule has 1 fully saturated rings. The zero-order valence-electron chi connectivity index (χ0n) is 12.1. The van der Waals surface area contributed by atoms with Crippen molar-refractivity contribution in [2.75, 3.05) is 46.2 Å². The number of piperidine rings is 1. The average molecular weight is 308 g/mol. The molecule has 7 nitrogen and oxygen atoms in total. The van der Waals surface area contributed by atoms with Gasteiger partial charge in [-0.1, -0.05) is 6.42 Å². The normalized spacial score (nSPS) is 20.9. The quantitative estimate of drug-likeness (QED) is 0.670. The van der Waals surface area contributed by atoms with Crippen LogP contribution in [0.15, 0.2) is 0 Å². The van der Waals surface area contributed by atoms with E-state index in [0.717, 1.165) is 19.1 Å². The minimum atomic E-state index is -3.40. The van der Waals surface area contributed by atoms with E-state index in [1.807, 2.05) is 0 Å². The third kappa shape index (κ3) is 4.69. The van der Waals surface area contributed by atoms with Crippen LogP contribution in [0, 0.1) is 0 Å². The van der Waals surface area contributed by atoms with E-state index in [0.29, 0.717) is 26.1 Å². The van der Waals surface area contributed by atoms with E-state index >= 15 is 0 Å². The van der Waals surface area contributed by atoms with Gasteiger partial charge in [0, 0.05) is 26.7 Å². The Morgan fingerprint density at radius 1 is 1.40 bits per heavy atom. The van der Waals surface area contributed by atoms with Crippen LogP contribution < -0.4 is 0 Å². The summed E-state index contributed by atoms with van der Waals surface area (Å²) in [6, 6.07) is -0.651. The monoisotopic (exact) mass is 308 g/mol. The van der Waals surface area contributed by atoms with E-state index in [9.17, 15) is 13.2 Å². The van der Waals surface area contributed by atoms with Crippen molar-refractivity contribution < 1.29 is 23.1 Å². The molecule has 1 aliphatic heterocycles. The lowest BCUT2D eigenvalue weighted by Gasteiger charge is -2.36. The van der Waals surface area contributed by atoms with Gasteiger partial charge in [-0.25, -0.2) is 8.42 Å². The van der Waals surface area contributed by atoms with E-state index < -0.39 is 16.1 Å². The fourth-order valence-electron chi connectivity index (χ4n) is 2.41. The maximum Gasteiger partial charge on any atom is 0.241 e. The van der Waals surface area contributed by atoms with Gasteiger partial charge in [0.15, 0.2) is 0 Å². The maximum atomic E-state index is 12.5. The molecule has 8 heteroatoms. The second-order valence-electron chi connectivity index (χ2n) is 4.93. The van der Waals surface area contributed by atoms with Crippen molar-refractivity contribution in [3.8, 4) is 0 Å². The highest BCUT2D eigenvalue weighted by Crippen LogP contribution is 2.21. The molecule has 1 rings (SSSR count). The number of aliphatic hydroxyl groups excluding tert-OH is 1. The van der Waals surface area contributed by atoms with Crippen LogP contribution in [0.1, 0.15) is 19.3 Å². The molecule has 0 aromatic heterocycles. The van der Waals surface area contributed by atoms with Crippen molar-refractivity contribution in [1.29, 1.82) is 0 Å². The number of methoxy groups -OCH3 is 1. The third-order valence-corrected chi connectivity index (χ3v) is 4.70. The molecule has 1 saturated heterocycles. The Kier molecular flexibility index (Phi) is 6.87. The third-order valence-electron chi connectivity index (χ3n) is 3.41. The van der Waals surface area contributed by atoms with Crippen LogP contribution >= 0.6 is 0 Å².